The first-order valence-electron chi connectivity index (χ1n) is 6.77. The number of para-hydroxylation sites is 1. The van der Waals surface area contributed by atoms with E-state index < -0.39 is 17.8 Å². The Hall–Kier alpha value is -2.25. The van der Waals surface area contributed by atoms with E-state index in [0.717, 1.165) is 5.39 Å². The molecule has 0 radical (unpaired) electrons. The van der Waals surface area contributed by atoms with Gasteiger partial charge in [-0.15, -0.1) is 5.92 Å². The van der Waals surface area contributed by atoms with Gasteiger partial charge < -0.3 is 9.84 Å². The highest BCUT2D eigenvalue weighted by molar-refractivity contribution is 5.92. The molecule has 110 valence electrons. The van der Waals surface area contributed by atoms with Crippen molar-refractivity contribution in [2.75, 3.05) is 0 Å². The number of aliphatic hydroxyl groups excluding tert-OH is 1. The Morgan fingerprint density at radius 2 is 2.00 bits per heavy atom. The smallest absolute Gasteiger partial charge is 0.419 e. The van der Waals surface area contributed by atoms with Gasteiger partial charge in [-0.05, 0) is 33.8 Å². The van der Waals surface area contributed by atoms with Crippen LogP contribution in [-0.4, -0.2) is 21.4 Å². The van der Waals surface area contributed by atoms with Crippen LogP contribution >= 0.6 is 0 Å². The van der Waals surface area contributed by atoms with Crippen LogP contribution in [-0.2, 0) is 4.74 Å². The molecule has 1 N–H and O–H groups in total. The highest BCUT2D eigenvalue weighted by Crippen LogP contribution is 2.27. The van der Waals surface area contributed by atoms with Crippen LogP contribution in [0.15, 0.2) is 30.5 Å². The molecule has 0 aliphatic rings. The molecule has 0 fully saturated rings. The molecule has 0 aliphatic carbocycles. The zero-order valence-electron chi connectivity index (χ0n) is 12.7. The minimum absolute atomic E-state index is 0.471. The zero-order valence-corrected chi connectivity index (χ0v) is 12.7. The first kappa shape index (κ1) is 15.1. The van der Waals surface area contributed by atoms with Gasteiger partial charge in [0.1, 0.15) is 11.7 Å². The maximum atomic E-state index is 12.3. The number of aliphatic hydroxyl groups is 1. The highest BCUT2D eigenvalue weighted by atomic mass is 16.6. The van der Waals surface area contributed by atoms with Crippen LogP contribution < -0.4 is 0 Å². The number of nitrogens with zero attached hydrogens (tertiary/aromatic N) is 1. The minimum atomic E-state index is -0.927. The summed E-state index contributed by atoms with van der Waals surface area (Å²) in [5, 5.41) is 10.9. The average Bonchev–Trinajstić information content (AvgIpc) is 2.76. The summed E-state index contributed by atoms with van der Waals surface area (Å²) in [6, 6.07) is 7.36. The number of carbonyl (C=O) groups excluding carboxylic acids is 1. The summed E-state index contributed by atoms with van der Waals surface area (Å²) in [7, 11) is 0. The molecule has 1 heterocycles. The second kappa shape index (κ2) is 5.63. The largest absolute Gasteiger partial charge is 0.443 e. The van der Waals surface area contributed by atoms with Gasteiger partial charge in [0.15, 0.2) is 0 Å². The lowest BCUT2D eigenvalue weighted by atomic mass is 10.1. The van der Waals surface area contributed by atoms with Crippen LogP contribution in [0.3, 0.4) is 0 Å². The molecule has 1 unspecified atom stereocenters. The Morgan fingerprint density at radius 1 is 1.33 bits per heavy atom. The van der Waals surface area contributed by atoms with Crippen molar-refractivity contribution in [3.05, 3.63) is 36.0 Å². The Bertz CT molecular complexity index is 726. The molecule has 21 heavy (non-hydrogen) atoms. The third-order valence-electron chi connectivity index (χ3n) is 2.91. The monoisotopic (exact) mass is 285 g/mol. The number of aromatic nitrogens is 1. The Kier molecular flexibility index (Phi) is 4.06. The first-order valence-corrected chi connectivity index (χ1v) is 6.77. The zero-order chi connectivity index (χ0) is 15.6. The molecule has 2 rings (SSSR count). The second-order valence-corrected chi connectivity index (χ2v) is 5.75. The van der Waals surface area contributed by atoms with Crippen molar-refractivity contribution in [1.29, 1.82) is 0 Å². The maximum Gasteiger partial charge on any atom is 0.419 e. The number of rotatable bonds is 1. The molecule has 4 nitrogen and oxygen atoms in total. The lowest BCUT2D eigenvalue weighted by molar-refractivity contribution is 0.0544. The molecule has 0 aliphatic heterocycles. The van der Waals surface area contributed by atoms with Crippen molar-refractivity contribution in [2.24, 2.45) is 0 Å². The SMILES string of the molecule is CC#CC(O)c1cn(C(=O)OC(C)(C)C)c2ccccc12. The fraction of sp³-hybridized carbons (Fsp3) is 0.353. The van der Waals surface area contributed by atoms with Crippen LogP contribution in [0.5, 0.6) is 0 Å². The highest BCUT2D eigenvalue weighted by Gasteiger charge is 2.22. The molecular weight excluding hydrogens is 266 g/mol. The number of ether oxygens (including phenoxy) is 1. The van der Waals surface area contributed by atoms with Crippen molar-refractivity contribution in [3.63, 3.8) is 0 Å². The van der Waals surface area contributed by atoms with Gasteiger partial charge >= 0.3 is 6.09 Å². The molecule has 0 amide bonds. The van der Waals surface area contributed by atoms with Gasteiger partial charge in [0.2, 0.25) is 0 Å². The Labute approximate surface area is 124 Å². The molecule has 1 aromatic carbocycles. The first-order chi connectivity index (χ1) is 9.83. The third-order valence-corrected chi connectivity index (χ3v) is 2.91. The quantitative estimate of drug-likeness (QED) is 0.816. The van der Waals surface area contributed by atoms with E-state index in [1.165, 1.54) is 4.57 Å². The van der Waals surface area contributed by atoms with Crippen LogP contribution in [0.1, 0.15) is 39.4 Å². The van der Waals surface area contributed by atoms with Crippen LogP contribution in [0.4, 0.5) is 4.79 Å². The van der Waals surface area contributed by atoms with Crippen LogP contribution in [0.25, 0.3) is 10.9 Å². The third kappa shape index (κ3) is 3.26. The summed E-state index contributed by atoms with van der Waals surface area (Å²) < 4.78 is 6.80. The number of fused-ring (bicyclic) bond motifs is 1. The molecule has 1 atom stereocenters. The lowest BCUT2D eigenvalue weighted by Gasteiger charge is -2.19. The van der Waals surface area contributed by atoms with Crippen molar-refractivity contribution < 1.29 is 14.6 Å². The summed E-state index contributed by atoms with van der Waals surface area (Å²) in [6.45, 7) is 7.11. The summed E-state index contributed by atoms with van der Waals surface area (Å²) >= 11 is 0. The molecule has 2 aromatic rings. The second-order valence-electron chi connectivity index (χ2n) is 5.75. The molecule has 0 spiro atoms. The van der Waals surface area contributed by atoms with Gasteiger partial charge in [0.25, 0.3) is 0 Å². The average molecular weight is 285 g/mol. The predicted octanol–water partition coefficient (Wildman–Crippen LogP) is 3.48. The molecule has 4 heteroatoms. The van der Waals surface area contributed by atoms with E-state index in [1.807, 2.05) is 45.0 Å². The van der Waals surface area contributed by atoms with Gasteiger partial charge in [0.05, 0.1) is 5.52 Å². The fourth-order valence-corrected chi connectivity index (χ4v) is 2.10. The van der Waals surface area contributed by atoms with E-state index in [9.17, 15) is 9.90 Å². The van der Waals surface area contributed by atoms with E-state index in [1.54, 1.807) is 13.1 Å². The number of benzene rings is 1. The predicted molar refractivity (Wildman–Crippen MR) is 82.0 cm³/mol. The minimum Gasteiger partial charge on any atom is -0.443 e. The number of hydrogen-bond acceptors (Lipinski definition) is 3. The molecule has 1 aromatic heterocycles. The summed E-state index contributed by atoms with van der Waals surface area (Å²) in [4.78, 5) is 12.3. The van der Waals surface area contributed by atoms with Crippen molar-refractivity contribution >= 4 is 17.0 Å². The summed E-state index contributed by atoms with van der Waals surface area (Å²) in [5.74, 6) is 5.38. The van der Waals surface area contributed by atoms with Gasteiger partial charge in [-0.2, -0.15) is 0 Å². The van der Waals surface area contributed by atoms with E-state index in [0.29, 0.717) is 11.1 Å². The van der Waals surface area contributed by atoms with Crippen LogP contribution in [0, 0.1) is 11.8 Å². The van der Waals surface area contributed by atoms with E-state index >= 15 is 0 Å². The Morgan fingerprint density at radius 3 is 2.62 bits per heavy atom. The van der Waals surface area contributed by atoms with Gasteiger partial charge in [-0.25, -0.2) is 4.79 Å². The number of hydrogen-bond donors (Lipinski definition) is 1. The Balaban J connectivity index is 2.54. The van der Waals surface area contributed by atoms with Gasteiger partial charge in [-0.1, -0.05) is 24.1 Å². The van der Waals surface area contributed by atoms with Crippen molar-refractivity contribution in [1.82, 2.24) is 4.57 Å². The van der Waals surface area contributed by atoms with Crippen molar-refractivity contribution in [2.45, 2.75) is 39.4 Å². The normalized spacial score (nSPS) is 12.6. The summed E-state index contributed by atoms with van der Waals surface area (Å²) in [5.41, 5.74) is 0.717. The van der Waals surface area contributed by atoms with Gasteiger partial charge in [0, 0.05) is 17.1 Å². The van der Waals surface area contributed by atoms with Crippen molar-refractivity contribution in [3.8, 4) is 11.8 Å². The maximum absolute atomic E-state index is 12.3. The molecule has 0 saturated heterocycles. The van der Waals surface area contributed by atoms with E-state index in [4.69, 9.17) is 4.74 Å². The van der Waals surface area contributed by atoms with E-state index in [-0.39, 0.29) is 0 Å². The van der Waals surface area contributed by atoms with Crippen LogP contribution in [0.2, 0.25) is 0 Å². The molecule has 0 bridgehead atoms. The standard InChI is InChI=1S/C17H19NO3/c1-5-8-15(19)13-11-18(16(20)21-17(2,3)4)14-10-7-6-9-12(13)14/h6-7,9-11,15,19H,1-4H3. The topological polar surface area (TPSA) is 51.5 Å². The molecule has 0 saturated carbocycles. The molecular formula is C17H19NO3. The van der Waals surface area contributed by atoms with Gasteiger partial charge in [-0.3, -0.25) is 4.57 Å². The number of carbonyl (C=O) groups is 1. The fourth-order valence-electron chi connectivity index (χ4n) is 2.10. The lowest BCUT2D eigenvalue weighted by Crippen LogP contribution is -2.26. The summed E-state index contributed by atoms with van der Waals surface area (Å²) in [6.07, 6.45) is 0.193. The van der Waals surface area contributed by atoms with E-state index in [2.05, 4.69) is 11.8 Å².